The predicted octanol–water partition coefficient (Wildman–Crippen LogP) is 0.625. The fourth-order valence-electron chi connectivity index (χ4n) is 2.06. The summed E-state index contributed by atoms with van der Waals surface area (Å²) in [6.45, 7) is 0.352. The van der Waals surface area contributed by atoms with Crippen molar-refractivity contribution in [3.63, 3.8) is 0 Å². The fourth-order valence-corrected chi connectivity index (χ4v) is 3.33. The minimum absolute atomic E-state index is 0.0849. The number of amides is 1. The van der Waals surface area contributed by atoms with Crippen LogP contribution in [0.1, 0.15) is 6.42 Å². The van der Waals surface area contributed by atoms with Crippen molar-refractivity contribution in [1.29, 1.82) is 0 Å². The molecule has 1 atom stereocenters. The molecule has 1 fully saturated rings. The summed E-state index contributed by atoms with van der Waals surface area (Å²) in [6.07, 6.45) is -0.703. The van der Waals surface area contributed by atoms with Crippen LogP contribution < -0.4 is 4.72 Å². The van der Waals surface area contributed by atoms with Crippen molar-refractivity contribution in [2.24, 2.45) is 0 Å². The largest absolute Gasteiger partial charge is 0.465 e. The van der Waals surface area contributed by atoms with E-state index in [1.165, 1.54) is 0 Å². The van der Waals surface area contributed by atoms with E-state index in [4.69, 9.17) is 5.11 Å². The Labute approximate surface area is 120 Å². The number of carbonyl (C=O) groups is 1. The smallest absolute Gasteiger partial charge is 0.407 e. The Morgan fingerprint density at radius 2 is 2.00 bits per heavy atom. The molecular formula is C11H13N3O6S. The number of sulfonamides is 1. The van der Waals surface area contributed by atoms with Gasteiger partial charge in [-0.1, -0.05) is 0 Å². The van der Waals surface area contributed by atoms with Gasteiger partial charge in [0.25, 0.3) is 5.69 Å². The molecule has 114 valence electrons. The zero-order valence-corrected chi connectivity index (χ0v) is 11.6. The van der Waals surface area contributed by atoms with Crippen molar-refractivity contribution in [1.82, 2.24) is 9.62 Å². The van der Waals surface area contributed by atoms with Crippen molar-refractivity contribution in [2.75, 3.05) is 13.1 Å². The van der Waals surface area contributed by atoms with Gasteiger partial charge in [-0.05, 0) is 18.6 Å². The van der Waals surface area contributed by atoms with Gasteiger partial charge in [0.1, 0.15) is 0 Å². The Balaban J connectivity index is 2.08. The van der Waals surface area contributed by atoms with Crippen LogP contribution in [0.15, 0.2) is 29.2 Å². The maximum absolute atomic E-state index is 12.1. The average Bonchev–Trinajstić information content (AvgIpc) is 2.87. The van der Waals surface area contributed by atoms with Gasteiger partial charge >= 0.3 is 6.09 Å². The van der Waals surface area contributed by atoms with E-state index in [0.29, 0.717) is 6.42 Å². The number of nitro benzene ring substituents is 1. The number of nitrogens with one attached hydrogen (secondary N) is 1. The molecule has 1 aromatic rings. The van der Waals surface area contributed by atoms with E-state index in [9.17, 15) is 23.3 Å². The molecule has 0 bridgehead atoms. The lowest BCUT2D eigenvalue weighted by atomic mass is 10.3. The molecular weight excluding hydrogens is 302 g/mol. The molecule has 0 radical (unpaired) electrons. The number of nitro groups is 1. The second-order valence-electron chi connectivity index (χ2n) is 4.59. The molecule has 1 saturated heterocycles. The lowest BCUT2D eigenvalue weighted by Crippen LogP contribution is -2.38. The molecule has 9 nitrogen and oxygen atoms in total. The Morgan fingerprint density at radius 3 is 2.48 bits per heavy atom. The first-order chi connectivity index (χ1) is 9.79. The van der Waals surface area contributed by atoms with Crippen molar-refractivity contribution >= 4 is 21.8 Å². The monoisotopic (exact) mass is 315 g/mol. The highest BCUT2D eigenvalue weighted by Gasteiger charge is 2.29. The number of hydrogen-bond acceptors (Lipinski definition) is 5. The fraction of sp³-hybridized carbons (Fsp3) is 0.364. The Kier molecular flexibility index (Phi) is 4.09. The van der Waals surface area contributed by atoms with E-state index in [0.717, 1.165) is 29.2 Å². The summed E-state index contributed by atoms with van der Waals surface area (Å²) in [4.78, 5) is 21.7. The molecule has 21 heavy (non-hydrogen) atoms. The number of non-ortho nitro benzene ring substituents is 1. The van der Waals surface area contributed by atoms with Crippen molar-refractivity contribution < 1.29 is 23.2 Å². The highest BCUT2D eigenvalue weighted by molar-refractivity contribution is 7.89. The highest BCUT2D eigenvalue weighted by atomic mass is 32.2. The van der Waals surface area contributed by atoms with Gasteiger partial charge in [-0.3, -0.25) is 10.1 Å². The number of nitrogens with zero attached hydrogens (tertiary/aromatic N) is 2. The molecule has 2 N–H and O–H groups in total. The van der Waals surface area contributed by atoms with Crippen LogP contribution in [0.3, 0.4) is 0 Å². The second-order valence-corrected chi connectivity index (χ2v) is 6.30. The first-order valence-corrected chi connectivity index (χ1v) is 7.52. The third kappa shape index (κ3) is 3.47. The van der Waals surface area contributed by atoms with E-state index in [1.54, 1.807) is 0 Å². The van der Waals surface area contributed by atoms with Crippen molar-refractivity contribution in [3.05, 3.63) is 34.4 Å². The average molecular weight is 315 g/mol. The number of hydrogen-bond donors (Lipinski definition) is 2. The maximum atomic E-state index is 12.1. The standard InChI is InChI=1S/C11H13N3O6S/c15-11(16)13-6-5-8(7-13)12-21(19,20)10-3-1-9(2-4-10)14(17)18/h1-4,8,12H,5-7H2,(H,15,16)/t8-/m1/s1. The first kappa shape index (κ1) is 15.2. The van der Waals surface area contributed by atoms with Gasteiger partial charge in [0.15, 0.2) is 0 Å². The minimum atomic E-state index is -3.83. The lowest BCUT2D eigenvalue weighted by molar-refractivity contribution is -0.384. The summed E-state index contributed by atoms with van der Waals surface area (Å²) >= 11 is 0. The molecule has 10 heteroatoms. The molecule has 0 spiro atoms. The molecule has 1 aliphatic rings. The van der Waals surface area contributed by atoms with Gasteiger partial charge in [0.05, 0.1) is 9.82 Å². The lowest BCUT2D eigenvalue weighted by Gasteiger charge is -2.14. The van der Waals surface area contributed by atoms with E-state index in [2.05, 4.69) is 4.72 Å². The molecule has 0 aliphatic carbocycles. The van der Waals surface area contributed by atoms with Crippen molar-refractivity contribution in [3.8, 4) is 0 Å². The third-order valence-corrected chi connectivity index (χ3v) is 4.67. The Morgan fingerprint density at radius 1 is 1.38 bits per heavy atom. The van der Waals surface area contributed by atoms with Crippen molar-refractivity contribution in [2.45, 2.75) is 17.4 Å². The molecule has 1 aliphatic heterocycles. The minimum Gasteiger partial charge on any atom is -0.465 e. The summed E-state index contributed by atoms with van der Waals surface area (Å²) in [5, 5.41) is 19.3. The molecule has 2 rings (SSSR count). The van der Waals surface area contributed by atoms with E-state index < -0.39 is 27.1 Å². The molecule has 0 aromatic heterocycles. The van der Waals surface area contributed by atoms with Crippen LogP contribution >= 0.6 is 0 Å². The zero-order chi connectivity index (χ0) is 15.6. The van der Waals surface area contributed by atoms with E-state index >= 15 is 0 Å². The molecule has 1 amide bonds. The predicted molar refractivity (Wildman–Crippen MR) is 71.4 cm³/mol. The first-order valence-electron chi connectivity index (χ1n) is 6.04. The number of likely N-dealkylation sites (tertiary alicyclic amines) is 1. The SMILES string of the molecule is O=C(O)N1CC[C@@H](NS(=O)(=O)c2ccc([N+](=O)[O-])cc2)C1. The Hall–Kier alpha value is -2.20. The second kappa shape index (κ2) is 5.66. The van der Waals surface area contributed by atoms with Crippen LogP contribution in [0.25, 0.3) is 0 Å². The van der Waals surface area contributed by atoms with Gasteiger partial charge in [0, 0.05) is 31.3 Å². The molecule has 1 heterocycles. The summed E-state index contributed by atoms with van der Waals surface area (Å²) in [6, 6.07) is 4.00. The van der Waals surface area contributed by atoms with Crippen LogP contribution in [-0.4, -0.2) is 48.6 Å². The van der Waals surface area contributed by atoms with Gasteiger partial charge in [-0.25, -0.2) is 17.9 Å². The molecule has 1 aromatic carbocycles. The maximum Gasteiger partial charge on any atom is 0.407 e. The summed E-state index contributed by atoms with van der Waals surface area (Å²) in [5.41, 5.74) is -0.202. The molecule has 0 saturated carbocycles. The summed E-state index contributed by atoms with van der Waals surface area (Å²) < 4.78 is 26.6. The van der Waals surface area contributed by atoms with Gasteiger partial charge in [-0.2, -0.15) is 0 Å². The van der Waals surface area contributed by atoms with Gasteiger partial charge in [-0.15, -0.1) is 0 Å². The zero-order valence-electron chi connectivity index (χ0n) is 10.8. The topological polar surface area (TPSA) is 130 Å². The number of benzene rings is 1. The highest BCUT2D eigenvalue weighted by Crippen LogP contribution is 2.17. The van der Waals surface area contributed by atoms with Gasteiger partial charge in [0.2, 0.25) is 10.0 Å². The van der Waals surface area contributed by atoms with Crippen LogP contribution in [-0.2, 0) is 10.0 Å². The van der Waals surface area contributed by atoms with Crippen LogP contribution in [0.2, 0.25) is 0 Å². The van der Waals surface area contributed by atoms with Crippen LogP contribution in [0.4, 0.5) is 10.5 Å². The normalized spacial score (nSPS) is 18.7. The Bertz CT molecular complexity index is 657. The van der Waals surface area contributed by atoms with Crippen LogP contribution in [0.5, 0.6) is 0 Å². The molecule has 0 unspecified atom stereocenters. The van der Waals surface area contributed by atoms with E-state index in [1.807, 2.05) is 0 Å². The van der Waals surface area contributed by atoms with Crippen LogP contribution in [0, 0.1) is 10.1 Å². The number of rotatable bonds is 4. The number of carboxylic acid groups (broad SMARTS) is 1. The summed E-state index contributed by atoms with van der Waals surface area (Å²) in [7, 11) is -3.83. The third-order valence-electron chi connectivity index (χ3n) is 3.14. The summed E-state index contributed by atoms with van der Waals surface area (Å²) in [5.74, 6) is 0. The van der Waals surface area contributed by atoms with Gasteiger partial charge < -0.3 is 10.0 Å². The quantitative estimate of drug-likeness (QED) is 0.619. The van der Waals surface area contributed by atoms with E-state index in [-0.39, 0.29) is 23.7 Å².